The number of fused-ring (bicyclic) bond motifs is 1. The second kappa shape index (κ2) is 2.37. The lowest BCUT2D eigenvalue weighted by molar-refractivity contribution is 0.628. The maximum atomic E-state index is 7.94. The summed E-state index contributed by atoms with van der Waals surface area (Å²) in [6, 6.07) is 6.53. The monoisotopic (exact) mass is 147 g/mol. The fraction of sp³-hybridized carbons (Fsp3) is 0.455. The van der Waals surface area contributed by atoms with Crippen molar-refractivity contribution in [2.24, 2.45) is 5.89 Å². The molecule has 0 fully saturated rings. The van der Waals surface area contributed by atoms with Crippen LogP contribution in [-0.4, -0.2) is 0 Å². The summed E-state index contributed by atoms with van der Waals surface area (Å²) in [5.41, 5.74) is 4.07. The third-order valence-corrected chi connectivity index (χ3v) is 2.35. The van der Waals surface area contributed by atoms with Crippen LogP contribution >= 0.6 is 0 Å². The van der Waals surface area contributed by atoms with E-state index in [1.54, 1.807) is 0 Å². The minimum atomic E-state index is -0.254. The van der Waals surface area contributed by atoms with E-state index in [0.29, 0.717) is 0 Å². The van der Waals surface area contributed by atoms with Crippen LogP contribution in [0.2, 0.25) is 0 Å². The lowest BCUT2D eigenvalue weighted by atomic mass is 10.1. The Bertz CT molecular complexity index is 313. The molecule has 1 aromatic carbocycles. The molecule has 58 valence electrons. The first-order valence-electron chi connectivity index (χ1n) is 4.65. The summed E-state index contributed by atoms with van der Waals surface area (Å²) < 4.78 is 7.94. The molecular weight excluding hydrogens is 132 g/mol. The maximum Gasteiger partial charge on any atom is 0.0307 e. The Labute approximate surface area is 69.7 Å². The quantitative estimate of drug-likeness (QED) is 0.529. The van der Waals surface area contributed by atoms with Crippen LogP contribution < -0.4 is 0 Å². The van der Waals surface area contributed by atoms with Gasteiger partial charge in [-0.3, -0.25) is 0 Å². The van der Waals surface area contributed by atoms with E-state index in [0.717, 1.165) is 12.8 Å². The molecule has 0 saturated carbocycles. The van der Waals surface area contributed by atoms with Gasteiger partial charge in [0.25, 0.3) is 0 Å². The molecule has 0 saturated heterocycles. The fourth-order valence-corrected chi connectivity index (χ4v) is 1.80. The van der Waals surface area contributed by atoms with Gasteiger partial charge >= 0.3 is 0 Å². The van der Waals surface area contributed by atoms with Gasteiger partial charge < -0.3 is 0 Å². The first kappa shape index (κ1) is 5.82. The SMILES string of the molecule is [2H]C1(C)Cc2ccc(C)cc2C1. The topological polar surface area (TPSA) is 0 Å². The lowest BCUT2D eigenvalue weighted by Crippen LogP contribution is -1.89. The Hall–Kier alpha value is -0.780. The summed E-state index contributed by atoms with van der Waals surface area (Å²) in [7, 11) is 0. The first-order valence-corrected chi connectivity index (χ1v) is 4.15. The second-order valence-electron chi connectivity index (χ2n) is 3.58. The predicted molar refractivity (Wildman–Crippen MR) is 47.8 cm³/mol. The number of aryl methyl sites for hydroxylation is 1. The molecule has 0 aliphatic heterocycles. The van der Waals surface area contributed by atoms with E-state index in [4.69, 9.17) is 1.37 Å². The highest BCUT2D eigenvalue weighted by Gasteiger charge is 2.16. The summed E-state index contributed by atoms with van der Waals surface area (Å²) >= 11 is 0. The van der Waals surface area contributed by atoms with E-state index >= 15 is 0 Å². The molecule has 2 rings (SSSR count). The Kier molecular flexibility index (Phi) is 1.25. The minimum absolute atomic E-state index is 0.254. The Balaban J connectivity index is 2.43. The van der Waals surface area contributed by atoms with E-state index in [1.807, 2.05) is 6.92 Å². The zero-order valence-electron chi connectivity index (χ0n) is 8.15. The molecule has 1 aliphatic carbocycles. The normalized spacial score (nSPS) is 29.8. The molecule has 0 amide bonds. The molecular formula is C11H14. The standard InChI is InChI=1S/C11H14/c1-8-3-4-10-6-9(2)7-11(10)5-8/h3-5,9H,6-7H2,1-2H3/i9D. The van der Waals surface area contributed by atoms with Crippen molar-refractivity contribution in [3.05, 3.63) is 34.9 Å². The van der Waals surface area contributed by atoms with Crippen molar-refractivity contribution in [1.82, 2.24) is 0 Å². The van der Waals surface area contributed by atoms with Crippen molar-refractivity contribution in [3.63, 3.8) is 0 Å². The first-order chi connectivity index (χ1) is 5.57. The van der Waals surface area contributed by atoms with E-state index in [1.165, 1.54) is 16.7 Å². The van der Waals surface area contributed by atoms with Crippen LogP contribution in [-0.2, 0) is 12.8 Å². The lowest BCUT2D eigenvalue weighted by Gasteiger charge is -1.98. The van der Waals surface area contributed by atoms with Gasteiger partial charge in [0.2, 0.25) is 0 Å². The van der Waals surface area contributed by atoms with Crippen LogP contribution in [0.25, 0.3) is 0 Å². The van der Waals surface area contributed by atoms with Gasteiger partial charge in [0.1, 0.15) is 0 Å². The van der Waals surface area contributed by atoms with E-state index in [9.17, 15) is 0 Å². The van der Waals surface area contributed by atoms with Gasteiger partial charge in [0.15, 0.2) is 0 Å². The number of rotatable bonds is 0. The van der Waals surface area contributed by atoms with Crippen LogP contribution in [0.5, 0.6) is 0 Å². The van der Waals surface area contributed by atoms with Crippen molar-refractivity contribution >= 4 is 0 Å². The summed E-state index contributed by atoms with van der Waals surface area (Å²) in [5.74, 6) is -0.254. The summed E-state index contributed by atoms with van der Waals surface area (Å²) in [6.45, 7) is 4.13. The van der Waals surface area contributed by atoms with Gasteiger partial charge in [-0.2, -0.15) is 0 Å². The van der Waals surface area contributed by atoms with Crippen LogP contribution in [0.3, 0.4) is 0 Å². The minimum Gasteiger partial charge on any atom is -0.0619 e. The summed E-state index contributed by atoms with van der Waals surface area (Å²) in [6.07, 6.45) is 1.84. The molecule has 1 atom stereocenters. The van der Waals surface area contributed by atoms with Crippen LogP contribution in [0.1, 0.15) is 25.0 Å². The molecule has 0 heteroatoms. The highest BCUT2D eigenvalue weighted by atomic mass is 14.2. The molecule has 0 radical (unpaired) electrons. The third-order valence-electron chi connectivity index (χ3n) is 2.35. The van der Waals surface area contributed by atoms with Gasteiger partial charge in [0, 0.05) is 1.37 Å². The van der Waals surface area contributed by atoms with Crippen LogP contribution in [0.4, 0.5) is 0 Å². The van der Waals surface area contributed by atoms with Gasteiger partial charge in [-0.1, -0.05) is 30.7 Å². The fourth-order valence-electron chi connectivity index (χ4n) is 1.80. The van der Waals surface area contributed by atoms with Crippen molar-refractivity contribution in [1.29, 1.82) is 0 Å². The van der Waals surface area contributed by atoms with Gasteiger partial charge in [-0.15, -0.1) is 0 Å². The average molecular weight is 147 g/mol. The Morgan fingerprint density at radius 2 is 2.09 bits per heavy atom. The largest absolute Gasteiger partial charge is 0.0619 e. The molecule has 0 bridgehead atoms. The van der Waals surface area contributed by atoms with E-state index in [2.05, 4.69) is 25.1 Å². The predicted octanol–water partition coefficient (Wildman–Crippen LogP) is 2.73. The van der Waals surface area contributed by atoms with E-state index in [-0.39, 0.29) is 5.89 Å². The molecule has 0 nitrogen and oxygen atoms in total. The molecule has 0 spiro atoms. The third kappa shape index (κ3) is 1.18. The molecule has 0 heterocycles. The molecule has 11 heavy (non-hydrogen) atoms. The summed E-state index contributed by atoms with van der Waals surface area (Å²) in [4.78, 5) is 0. The zero-order chi connectivity index (χ0) is 8.77. The van der Waals surface area contributed by atoms with Gasteiger partial charge in [-0.25, -0.2) is 0 Å². The highest BCUT2D eigenvalue weighted by Crippen LogP contribution is 2.26. The van der Waals surface area contributed by atoms with E-state index < -0.39 is 0 Å². The second-order valence-corrected chi connectivity index (χ2v) is 3.58. The smallest absolute Gasteiger partial charge is 0.0307 e. The van der Waals surface area contributed by atoms with Gasteiger partial charge in [0.05, 0.1) is 0 Å². The number of benzene rings is 1. The Morgan fingerprint density at radius 1 is 1.36 bits per heavy atom. The van der Waals surface area contributed by atoms with Crippen molar-refractivity contribution in [2.45, 2.75) is 26.7 Å². The number of hydrogen-bond acceptors (Lipinski definition) is 0. The zero-order valence-corrected chi connectivity index (χ0v) is 7.15. The van der Waals surface area contributed by atoms with Crippen LogP contribution in [0.15, 0.2) is 18.2 Å². The van der Waals surface area contributed by atoms with Crippen molar-refractivity contribution < 1.29 is 1.37 Å². The van der Waals surface area contributed by atoms with Gasteiger partial charge in [-0.05, 0) is 36.8 Å². The molecule has 1 aromatic rings. The molecule has 1 unspecified atom stereocenters. The molecule has 0 aromatic heterocycles. The number of hydrogen-bond donors (Lipinski definition) is 0. The van der Waals surface area contributed by atoms with Crippen molar-refractivity contribution in [2.75, 3.05) is 0 Å². The average Bonchev–Trinajstić information content (AvgIpc) is 2.21. The van der Waals surface area contributed by atoms with Crippen LogP contribution in [0, 0.1) is 12.8 Å². The Morgan fingerprint density at radius 3 is 2.91 bits per heavy atom. The van der Waals surface area contributed by atoms with Crippen molar-refractivity contribution in [3.8, 4) is 0 Å². The highest BCUT2D eigenvalue weighted by molar-refractivity contribution is 5.35. The molecule has 0 N–H and O–H groups in total. The molecule has 1 aliphatic rings. The maximum absolute atomic E-state index is 7.94. The summed E-state index contributed by atoms with van der Waals surface area (Å²) in [5, 5.41) is 0.